The van der Waals surface area contributed by atoms with Crippen LogP contribution < -0.4 is 15.4 Å². The number of methoxy groups -OCH3 is 1. The SMILES string of the molecule is COc1ccc(NC(=O)NCCCc2c(C)noc2C)cc1C. The zero-order valence-corrected chi connectivity index (χ0v) is 14.0. The highest BCUT2D eigenvalue weighted by Crippen LogP contribution is 2.21. The fourth-order valence-electron chi connectivity index (χ4n) is 2.46. The van der Waals surface area contributed by atoms with Crippen LogP contribution in [0, 0.1) is 20.8 Å². The van der Waals surface area contributed by atoms with E-state index in [1.807, 2.05) is 39.0 Å². The average molecular weight is 317 g/mol. The lowest BCUT2D eigenvalue weighted by atomic mass is 10.1. The zero-order valence-electron chi connectivity index (χ0n) is 14.0. The van der Waals surface area contributed by atoms with Crippen LogP contribution in [0.1, 0.15) is 29.0 Å². The molecule has 2 aromatic rings. The number of anilines is 1. The second kappa shape index (κ2) is 7.67. The summed E-state index contributed by atoms with van der Waals surface area (Å²) in [5.74, 6) is 1.65. The molecule has 0 bridgehead atoms. The predicted molar refractivity (Wildman–Crippen MR) is 89.1 cm³/mol. The maximum atomic E-state index is 11.9. The Bertz CT molecular complexity index is 660. The molecule has 0 fully saturated rings. The molecule has 2 amide bonds. The van der Waals surface area contributed by atoms with Crippen molar-refractivity contribution in [1.82, 2.24) is 10.5 Å². The van der Waals surface area contributed by atoms with Gasteiger partial charge < -0.3 is 19.9 Å². The quantitative estimate of drug-likeness (QED) is 0.801. The number of nitrogens with zero attached hydrogens (tertiary/aromatic N) is 1. The van der Waals surface area contributed by atoms with Crippen molar-refractivity contribution in [3.05, 3.63) is 40.8 Å². The summed E-state index contributed by atoms with van der Waals surface area (Å²) in [6.45, 7) is 6.36. The lowest BCUT2D eigenvalue weighted by molar-refractivity contribution is 0.252. The van der Waals surface area contributed by atoms with Crippen molar-refractivity contribution in [1.29, 1.82) is 0 Å². The van der Waals surface area contributed by atoms with Crippen LogP contribution in [0.5, 0.6) is 5.75 Å². The van der Waals surface area contributed by atoms with Gasteiger partial charge in [0, 0.05) is 17.8 Å². The number of aromatic nitrogens is 1. The highest BCUT2D eigenvalue weighted by atomic mass is 16.5. The van der Waals surface area contributed by atoms with Gasteiger partial charge in [0.25, 0.3) is 0 Å². The van der Waals surface area contributed by atoms with Crippen molar-refractivity contribution in [3.8, 4) is 5.75 Å². The van der Waals surface area contributed by atoms with Gasteiger partial charge in [0.15, 0.2) is 0 Å². The van der Waals surface area contributed by atoms with Gasteiger partial charge in [0.1, 0.15) is 11.5 Å². The van der Waals surface area contributed by atoms with E-state index in [2.05, 4.69) is 15.8 Å². The molecule has 0 aliphatic heterocycles. The van der Waals surface area contributed by atoms with Crippen molar-refractivity contribution in [2.45, 2.75) is 33.6 Å². The van der Waals surface area contributed by atoms with Gasteiger partial charge in [-0.3, -0.25) is 0 Å². The molecule has 23 heavy (non-hydrogen) atoms. The third-order valence-electron chi connectivity index (χ3n) is 3.72. The molecule has 6 nitrogen and oxygen atoms in total. The minimum atomic E-state index is -0.215. The van der Waals surface area contributed by atoms with Crippen LogP contribution in [-0.2, 0) is 6.42 Å². The largest absolute Gasteiger partial charge is 0.496 e. The van der Waals surface area contributed by atoms with E-state index in [1.165, 1.54) is 0 Å². The summed E-state index contributed by atoms with van der Waals surface area (Å²) >= 11 is 0. The minimum Gasteiger partial charge on any atom is -0.496 e. The number of hydrogen-bond acceptors (Lipinski definition) is 4. The molecule has 124 valence electrons. The number of aryl methyl sites for hydroxylation is 3. The van der Waals surface area contributed by atoms with Crippen LogP contribution in [0.4, 0.5) is 10.5 Å². The van der Waals surface area contributed by atoms with Gasteiger partial charge in [-0.25, -0.2) is 4.79 Å². The lowest BCUT2D eigenvalue weighted by Crippen LogP contribution is -2.29. The molecule has 2 N–H and O–H groups in total. The van der Waals surface area contributed by atoms with Gasteiger partial charge >= 0.3 is 6.03 Å². The fraction of sp³-hybridized carbons (Fsp3) is 0.412. The summed E-state index contributed by atoms with van der Waals surface area (Å²) in [6, 6.07) is 5.31. The topological polar surface area (TPSA) is 76.4 Å². The first kappa shape index (κ1) is 16.9. The molecule has 0 unspecified atom stereocenters. The first-order chi connectivity index (χ1) is 11.0. The summed E-state index contributed by atoms with van der Waals surface area (Å²) in [6.07, 6.45) is 1.67. The van der Waals surface area contributed by atoms with Crippen molar-refractivity contribution < 1.29 is 14.1 Å². The molecule has 0 radical (unpaired) electrons. The first-order valence-electron chi connectivity index (χ1n) is 7.62. The third-order valence-corrected chi connectivity index (χ3v) is 3.72. The standard InChI is InChI=1S/C17H23N3O3/c1-11-10-14(7-8-16(11)22-4)19-17(21)18-9-5-6-15-12(2)20-23-13(15)3/h7-8,10H,5-6,9H2,1-4H3,(H2,18,19,21). The van der Waals surface area contributed by atoms with Crippen LogP contribution in [0.25, 0.3) is 0 Å². The van der Waals surface area contributed by atoms with Crippen molar-refractivity contribution >= 4 is 11.7 Å². The summed E-state index contributed by atoms with van der Waals surface area (Å²) in [4.78, 5) is 11.9. The van der Waals surface area contributed by atoms with Crippen molar-refractivity contribution in [2.24, 2.45) is 0 Å². The maximum absolute atomic E-state index is 11.9. The lowest BCUT2D eigenvalue weighted by Gasteiger charge is -2.10. The number of carbonyl (C=O) groups is 1. The van der Waals surface area contributed by atoms with Gasteiger partial charge in [-0.15, -0.1) is 0 Å². The van der Waals surface area contributed by atoms with Gasteiger partial charge in [-0.1, -0.05) is 5.16 Å². The van der Waals surface area contributed by atoms with E-state index in [4.69, 9.17) is 9.26 Å². The number of nitrogens with one attached hydrogen (secondary N) is 2. The van der Waals surface area contributed by atoms with Crippen LogP contribution in [0.2, 0.25) is 0 Å². The van der Waals surface area contributed by atoms with E-state index in [0.29, 0.717) is 6.54 Å². The molecule has 6 heteroatoms. The Kier molecular flexibility index (Phi) is 5.62. The van der Waals surface area contributed by atoms with E-state index in [-0.39, 0.29) is 6.03 Å². The Morgan fingerprint density at radius 3 is 2.70 bits per heavy atom. The van der Waals surface area contributed by atoms with E-state index < -0.39 is 0 Å². The van der Waals surface area contributed by atoms with Gasteiger partial charge in [0.2, 0.25) is 0 Å². The second-order valence-electron chi connectivity index (χ2n) is 5.47. The summed E-state index contributed by atoms with van der Waals surface area (Å²) in [5.41, 5.74) is 3.76. The molecule has 0 saturated carbocycles. The van der Waals surface area contributed by atoms with E-state index >= 15 is 0 Å². The van der Waals surface area contributed by atoms with Crippen molar-refractivity contribution in [3.63, 3.8) is 0 Å². The third kappa shape index (κ3) is 4.48. The normalized spacial score (nSPS) is 10.4. The Balaban J connectivity index is 1.76. The highest BCUT2D eigenvalue weighted by Gasteiger charge is 2.09. The molecule has 0 saturated heterocycles. The summed E-state index contributed by atoms with van der Waals surface area (Å²) in [5, 5.41) is 9.59. The number of hydrogen-bond donors (Lipinski definition) is 2. The van der Waals surface area contributed by atoms with Gasteiger partial charge in [-0.05, 0) is 57.4 Å². The van der Waals surface area contributed by atoms with E-state index in [9.17, 15) is 4.79 Å². The molecule has 0 atom stereocenters. The molecule has 0 aliphatic carbocycles. The average Bonchev–Trinajstić information content (AvgIpc) is 2.83. The first-order valence-corrected chi connectivity index (χ1v) is 7.62. The smallest absolute Gasteiger partial charge is 0.319 e. The minimum absolute atomic E-state index is 0.215. The van der Waals surface area contributed by atoms with Gasteiger partial charge in [-0.2, -0.15) is 0 Å². The summed E-state index contributed by atoms with van der Waals surface area (Å²) < 4.78 is 10.3. The number of amides is 2. The monoisotopic (exact) mass is 317 g/mol. The molecular formula is C17H23N3O3. The molecule has 2 rings (SSSR count). The Morgan fingerprint density at radius 1 is 1.30 bits per heavy atom. The van der Waals surface area contributed by atoms with Crippen LogP contribution in [0.3, 0.4) is 0 Å². The number of urea groups is 1. The number of rotatable bonds is 6. The van der Waals surface area contributed by atoms with Crippen LogP contribution in [0.15, 0.2) is 22.7 Å². The molecule has 0 spiro atoms. The highest BCUT2D eigenvalue weighted by molar-refractivity contribution is 5.89. The molecule has 1 heterocycles. The van der Waals surface area contributed by atoms with Crippen molar-refractivity contribution in [2.75, 3.05) is 19.0 Å². The fourth-order valence-corrected chi connectivity index (χ4v) is 2.46. The second-order valence-corrected chi connectivity index (χ2v) is 5.47. The predicted octanol–water partition coefficient (Wildman–Crippen LogP) is 3.36. The summed E-state index contributed by atoms with van der Waals surface area (Å²) in [7, 11) is 1.63. The number of ether oxygens (including phenoxy) is 1. The number of benzene rings is 1. The van der Waals surface area contributed by atoms with E-state index in [0.717, 1.165) is 46.9 Å². The molecule has 1 aromatic heterocycles. The zero-order chi connectivity index (χ0) is 16.8. The Morgan fingerprint density at radius 2 is 2.09 bits per heavy atom. The Hall–Kier alpha value is -2.50. The maximum Gasteiger partial charge on any atom is 0.319 e. The Labute approximate surface area is 136 Å². The molecule has 0 aliphatic rings. The van der Waals surface area contributed by atoms with Crippen LogP contribution in [-0.4, -0.2) is 24.8 Å². The van der Waals surface area contributed by atoms with Gasteiger partial charge in [0.05, 0.1) is 12.8 Å². The number of carbonyl (C=O) groups excluding carboxylic acids is 1. The van der Waals surface area contributed by atoms with E-state index in [1.54, 1.807) is 7.11 Å². The van der Waals surface area contributed by atoms with Crippen LogP contribution >= 0.6 is 0 Å². The molecule has 1 aromatic carbocycles. The molecular weight excluding hydrogens is 294 g/mol.